The third-order valence-electron chi connectivity index (χ3n) is 2.47. The van der Waals surface area contributed by atoms with E-state index >= 15 is 0 Å². The minimum Gasteiger partial charge on any atom is -0.480 e. The van der Waals surface area contributed by atoms with Gasteiger partial charge in [-0.2, -0.15) is 0 Å². The van der Waals surface area contributed by atoms with E-state index in [0.29, 0.717) is 0 Å². The molecular weight excluding hydrogens is 282 g/mol. The van der Waals surface area contributed by atoms with E-state index < -0.39 is 28.3 Å². The molecule has 0 heterocycles. The third kappa shape index (κ3) is 4.20. The zero-order valence-electron chi connectivity index (χ0n) is 10.9. The van der Waals surface area contributed by atoms with Gasteiger partial charge in [-0.15, -0.1) is 6.58 Å². The number of carboxylic acids is 1. The fraction of sp³-hybridized carbons (Fsp3) is 0.231. The molecule has 0 saturated heterocycles. The highest BCUT2D eigenvalue weighted by Crippen LogP contribution is 2.13. The number of nitrogens with zero attached hydrogens (tertiary/aromatic N) is 1. The van der Waals surface area contributed by atoms with Gasteiger partial charge in [0.25, 0.3) is 5.91 Å². The van der Waals surface area contributed by atoms with Gasteiger partial charge in [0.1, 0.15) is 6.54 Å². The minimum absolute atomic E-state index is 0.0113. The van der Waals surface area contributed by atoms with Crippen LogP contribution in [-0.4, -0.2) is 49.6 Å². The molecule has 0 aliphatic rings. The number of aliphatic carboxylic acids is 1. The molecule has 0 aliphatic heterocycles. The van der Waals surface area contributed by atoms with Gasteiger partial charge in [0.05, 0.1) is 4.90 Å². The summed E-state index contributed by atoms with van der Waals surface area (Å²) in [7, 11) is -3.43. The van der Waals surface area contributed by atoms with E-state index in [9.17, 15) is 18.0 Å². The van der Waals surface area contributed by atoms with Crippen LogP contribution in [0.25, 0.3) is 0 Å². The molecule has 20 heavy (non-hydrogen) atoms. The molecule has 1 aromatic carbocycles. The quantitative estimate of drug-likeness (QED) is 0.784. The Morgan fingerprint density at radius 3 is 2.55 bits per heavy atom. The highest BCUT2D eigenvalue weighted by molar-refractivity contribution is 7.90. The first-order valence-corrected chi connectivity index (χ1v) is 7.57. The second-order valence-electron chi connectivity index (χ2n) is 4.17. The smallest absolute Gasteiger partial charge is 0.323 e. The number of carbonyl (C=O) groups excluding carboxylic acids is 1. The number of carbonyl (C=O) groups is 2. The number of hydrogen-bond acceptors (Lipinski definition) is 4. The van der Waals surface area contributed by atoms with E-state index in [1.54, 1.807) is 0 Å². The van der Waals surface area contributed by atoms with Crippen LogP contribution in [0, 0.1) is 0 Å². The molecule has 1 aromatic rings. The summed E-state index contributed by atoms with van der Waals surface area (Å²) in [6.07, 6.45) is 2.44. The fourth-order valence-electron chi connectivity index (χ4n) is 1.58. The van der Waals surface area contributed by atoms with Crippen molar-refractivity contribution < 1.29 is 23.1 Å². The van der Waals surface area contributed by atoms with Gasteiger partial charge in [-0.1, -0.05) is 12.1 Å². The molecule has 1 amide bonds. The van der Waals surface area contributed by atoms with Gasteiger partial charge in [-0.25, -0.2) is 8.42 Å². The Balaban J connectivity index is 3.12. The van der Waals surface area contributed by atoms with Crippen LogP contribution < -0.4 is 0 Å². The molecule has 0 radical (unpaired) electrons. The average molecular weight is 297 g/mol. The van der Waals surface area contributed by atoms with Crippen LogP contribution in [0.15, 0.2) is 41.8 Å². The Hall–Kier alpha value is -2.15. The van der Waals surface area contributed by atoms with Gasteiger partial charge in [0.2, 0.25) is 0 Å². The monoisotopic (exact) mass is 297 g/mol. The van der Waals surface area contributed by atoms with Crippen LogP contribution >= 0.6 is 0 Å². The van der Waals surface area contributed by atoms with E-state index in [0.717, 1.165) is 11.2 Å². The Morgan fingerprint density at radius 2 is 2.05 bits per heavy atom. The number of rotatable bonds is 6. The molecule has 0 aliphatic carbocycles. The summed E-state index contributed by atoms with van der Waals surface area (Å²) < 4.78 is 22.9. The average Bonchev–Trinajstić information content (AvgIpc) is 2.36. The number of benzene rings is 1. The number of amides is 1. The second kappa shape index (κ2) is 6.33. The molecule has 0 spiro atoms. The first-order chi connectivity index (χ1) is 9.25. The molecular formula is C13H15NO5S. The van der Waals surface area contributed by atoms with Crippen LogP contribution in [0.1, 0.15) is 10.4 Å². The first kappa shape index (κ1) is 15.9. The molecule has 6 nitrogen and oxygen atoms in total. The lowest BCUT2D eigenvalue weighted by Crippen LogP contribution is -2.35. The van der Waals surface area contributed by atoms with Crippen molar-refractivity contribution in [3.05, 3.63) is 42.5 Å². The maximum atomic E-state index is 12.2. The molecule has 1 N–H and O–H groups in total. The second-order valence-corrected chi connectivity index (χ2v) is 6.18. The highest BCUT2D eigenvalue weighted by atomic mass is 32.2. The predicted octanol–water partition coefficient (Wildman–Crippen LogP) is 0.803. The summed E-state index contributed by atoms with van der Waals surface area (Å²) in [4.78, 5) is 24.0. The first-order valence-electron chi connectivity index (χ1n) is 5.68. The van der Waals surface area contributed by atoms with Gasteiger partial charge in [-0.3, -0.25) is 9.59 Å². The van der Waals surface area contributed by atoms with Crippen LogP contribution in [-0.2, 0) is 14.6 Å². The van der Waals surface area contributed by atoms with E-state index in [1.807, 2.05) is 0 Å². The van der Waals surface area contributed by atoms with Crippen LogP contribution in [0.5, 0.6) is 0 Å². The van der Waals surface area contributed by atoms with E-state index in [-0.39, 0.29) is 17.0 Å². The van der Waals surface area contributed by atoms with Crippen molar-refractivity contribution in [2.75, 3.05) is 19.3 Å². The molecule has 0 aromatic heterocycles. The number of hydrogen-bond donors (Lipinski definition) is 1. The molecule has 0 bridgehead atoms. The zero-order valence-corrected chi connectivity index (χ0v) is 11.8. The summed E-state index contributed by atoms with van der Waals surface area (Å²) in [6.45, 7) is 3.04. The maximum Gasteiger partial charge on any atom is 0.323 e. The van der Waals surface area contributed by atoms with E-state index in [2.05, 4.69) is 6.58 Å². The summed E-state index contributed by atoms with van der Waals surface area (Å²) in [5, 5.41) is 8.77. The molecule has 0 fully saturated rings. The largest absolute Gasteiger partial charge is 0.480 e. The zero-order chi connectivity index (χ0) is 15.3. The van der Waals surface area contributed by atoms with Crippen molar-refractivity contribution in [3.8, 4) is 0 Å². The Bertz CT molecular complexity index is 636. The van der Waals surface area contributed by atoms with Crippen molar-refractivity contribution >= 4 is 21.7 Å². The van der Waals surface area contributed by atoms with Crippen molar-refractivity contribution in [2.45, 2.75) is 4.90 Å². The highest BCUT2D eigenvalue weighted by Gasteiger charge is 2.19. The lowest BCUT2D eigenvalue weighted by Gasteiger charge is -2.19. The summed E-state index contributed by atoms with van der Waals surface area (Å²) >= 11 is 0. The van der Waals surface area contributed by atoms with Crippen LogP contribution in [0.4, 0.5) is 0 Å². The fourth-order valence-corrected chi connectivity index (χ4v) is 2.25. The van der Waals surface area contributed by atoms with Crippen LogP contribution in [0.2, 0.25) is 0 Å². The van der Waals surface area contributed by atoms with E-state index in [4.69, 9.17) is 5.11 Å². The van der Waals surface area contributed by atoms with Crippen LogP contribution in [0.3, 0.4) is 0 Å². The number of sulfone groups is 1. The summed E-state index contributed by atoms with van der Waals surface area (Å²) in [5.74, 6) is -1.71. The van der Waals surface area contributed by atoms with E-state index in [1.165, 1.54) is 30.3 Å². The maximum absolute atomic E-state index is 12.2. The Morgan fingerprint density at radius 1 is 1.40 bits per heavy atom. The normalized spacial score (nSPS) is 10.8. The predicted molar refractivity (Wildman–Crippen MR) is 73.3 cm³/mol. The third-order valence-corrected chi connectivity index (χ3v) is 3.58. The van der Waals surface area contributed by atoms with Crippen molar-refractivity contribution in [2.24, 2.45) is 0 Å². The lowest BCUT2D eigenvalue weighted by molar-refractivity contribution is -0.137. The summed E-state index contributed by atoms with van der Waals surface area (Å²) in [5.41, 5.74) is 0.121. The van der Waals surface area contributed by atoms with Crippen molar-refractivity contribution in [1.29, 1.82) is 0 Å². The minimum atomic E-state index is -3.43. The molecule has 7 heteroatoms. The molecule has 0 unspecified atom stereocenters. The standard InChI is InChI=1S/C13H15NO5S/c1-3-7-14(9-12(15)16)13(17)10-5-4-6-11(8-10)20(2,18)19/h3-6,8H,1,7,9H2,2H3,(H,15,16). The van der Waals surface area contributed by atoms with Gasteiger partial charge >= 0.3 is 5.97 Å². The van der Waals surface area contributed by atoms with Gasteiger partial charge in [0.15, 0.2) is 9.84 Å². The van der Waals surface area contributed by atoms with Crippen molar-refractivity contribution in [3.63, 3.8) is 0 Å². The molecule has 0 atom stereocenters. The molecule has 1 rings (SSSR count). The Labute approximate surface area is 117 Å². The topological polar surface area (TPSA) is 91.8 Å². The SMILES string of the molecule is C=CCN(CC(=O)O)C(=O)c1cccc(S(C)(=O)=O)c1. The Kier molecular flexibility index (Phi) is 5.04. The van der Waals surface area contributed by atoms with Gasteiger partial charge < -0.3 is 10.0 Å². The molecule has 108 valence electrons. The van der Waals surface area contributed by atoms with Gasteiger partial charge in [-0.05, 0) is 18.2 Å². The van der Waals surface area contributed by atoms with Crippen molar-refractivity contribution in [1.82, 2.24) is 4.90 Å². The summed E-state index contributed by atoms with van der Waals surface area (Å²) in [6, 6.07) is 5.49. The van der Waals surface area contributed by atoms with Gasteiger partial charge in [0, 0.05) is 18.4 Å². The number of carboxylic acid groups (broad SMARTS) is 1. The lowest BCUT2D eigenvalue weighted by atomic mass is 10.2. The molecule has 0 saturated carbocycles.